The average Bonchev–Trinajstić information content (AvgIpc) is 2.78. The first kappa shape index (κ1) is 11.4. The molecule has 0 aliphatic carbocycles. The first-order valence-corrected chi connectivity index (χ1v) is 4.92. The van der Waals surface area contributed by atoms with E-state index < -0.39 is 17.9 Å². The predicted octanol–water partition coefficient (Wildman–Crippen LogP) is -0.937. The Kier molecular flexibility index (Phi) is 2.96. The van der Waals surface area contributed by atoms with Gasteiger partial charge in [-0.05, 0) is 0 Å². The number of nitrogens with zero attached hydrogens (tertiary/aromatic N) is 2. The van der Waals surface area contributed by atoms with Crippen LogP contribution in [0.15, 0.2) is 10.7 Å². The minimum atomic E-state index is -1.19. The summed E-state index contributed by atoms with van der Waals surface area (Å²) in [6.07, 6.45) is 1.02. The van der Waals surface area contributed by atoms with Gasteiger partial charge >= 0.3 is 5.97 Å². The van der Waals surface area contributed by atoms with E-state index in [9.17, 15) is 9.59 Å². The van der Waals surface area contributed by atoms with Crippen LogP contribution in [0.3, 0.4) is 0 Å². The van der Waals surface area contributed by atoms with Crippen LogP contribution in [0.1, 0.15) is 10.5 Å². The molecule has 17 heavy (non-hydrogen) atoms. The van der Waals surface area contributed by atoms with Crippen LogP contribution in [0.5, 0.6) is 0 Å². The maximum atomic E-state index is 11.2. The molecule has 1 aliphatic rings. The molecule has 8 nitrogen and oxygen atoms in total. The molecule has 1 aliphatic heterocycles. The Bertz CT molecular complexity index is 444. The van der Waals surface area contributed by atoms with Gasteiger partial charge in [-0.1, -0.05) is 0 Å². The number of aromatic carboxylic acids is 1. The third kappa shape index (κ3) is 2.21. The highest BCUT2D eigenvalue weighted by Gasteiger charge is 2.31. The molecular weight excluding hydrogens is 230 g/mol. The number of ether oxygens (including phenoxy) is 1. The average molecular weight is 241 g/mol. The number of aromatic nitrogens is 1. The molecule has 0 bridgehead atoms. The molecule has 2 heterocycles. The summed E-state index contributed by atoms with van der Waals surface area (Å²) < 4.78 is 10.1. The van der Waals surface area contributed by atoms with Crippen molar-refractivity contribution in [3.8, 4) is 0 Å². The minimum Gasteiger partial charge on any atom is -0.476 e. The molecule has 0 radical (unpaired) electrons. The molecule has 0 saturated carbocycles. The largest absolute Gasteiger partial charge is 0.476 e. The first-order chi connectivity index (χ1) is 8.09. The quantitative estimate of drug-likeness (QED) is 0.701. The summed E-state index contributed by atoms with van der Waals surface area (Å²) in [5.74, 6) is -1.76. The normalized spacial score (nSPS) is 20.2. The molecule has 1 unspecified atom stereocenters. The molecule has 0 aromatic carbocycles. The lowest BCUT2D eigenvalue weighted by atomic mass is 10.2. The van der Waals surface area contributed by atoms with Crippen LogP contribution < -0.4 is 10.6 Å². The fraction of sp³-hybridized carbons (Fsp3) is 0.444. The van der Waals surface area contributed by atoms with E-state index in [4.69, 9.17) is 20.0 Å². The number of oxazole rings is 1. The molecule has 3 N–H and O–H groups in total. The number of carbonyl (C=O) groups is 2. The van der Waals surface area contributed by atoms with Gasteiger partial charge in [0.1, 0.15) is 12.3 Å². The zero-order valence-corrected chi connectivity index (χ0v) is 8.83. The Morgan fingerprint density at radius 2 is 2.35 bits per heavy atom. The first-order valence-electron chi connectivity index (χ1n) is 4.92. The van der Waals surface area contributed by atoms with Crippen molar-refractivity contribution in [3.05, 3.63) is 12.0 Å². The summed E-state index contributed by atoms with van der Waals surface area (Å²) in [5, 5.41) is 8.71. The van der Waals surface area contributed by atoms with Gasteiger partial charge in [0.15, 0.2) is 5.69 Å². The number of carboxylic acid groups (broad SMARTS) is 1. The van der Waals surface area contributed by atoms with Crippen molar-refractivity contribution in [3.63, 3.8) is 0 Å². The monoisotopic (exact) mass is 241 g/mol. The lowest BCUT2D eigenvalue weighted by molar-refractivity contribution is -0.121. The zero-order chi connectivity index (χ0) is 12.4. The molecule has 8 heteroatoms. The minimum absolute atomic E-state index is 0.0644. The van der Waals surface area contributed by atoms with E-state index >= 15 is 0 Å². The molecule has 1 amide bonds. The number of rotatable bonds is 3. The number of hydrogen-bond donors (Lipinski definition) is 2. The topological polar surface area (TPSA) is 119 Å². The SMILES string of the molecule is NC(=O)C1COCCN1c1nc(C(=O)O)co1. The van der Waals surface area contributed by atoms with Crippen LogP contribution in [-0.4, -0.2) is 47.8 Å². The third-order valence-electron chi connectivity index (χ3n) is 2.41. The second kappa shape index (κ2) is 4.42. The molecule has 1 fully saturated rings. The molecule has 1 aromatic heterocycles. The number of primary amides is 1. The summed E-state index contributed by atoms with van der Waals surface area (Å²) >= 11 is 0. The van der Waals surface area contributed by atoms with E-state index in [1.54, 1.807) is 0 Å². The van der Waals surface area contributed by atoms with Gasteiger partial charge in [0.05, 0.1) is 13.2 Å². The standard InChI is InChI=1S/C9H11N3O5/c10-7(13)6-4-16-2-1-12(6)9-11-5(3-17-9)8(14)15/h3,6H,1-2,4H2,(H2,10,13)(H,14,15). The van der Waals surface area contributed by atoms with Crippen LogP contribution in [-0.2, 0) is 9.53 Å². The van der Waals surface area contributed by atoms with E-state index in [0.717, 1.165) is 6.26 Å². The molecule has 92 valence electrons. The van der Waals surface area contributed by atoms with Gasteiger partial charge in [-0.25, -0.2) is 4.79 Å². The highest BCUT2D eigenvalue weighted by Crippen LogP contribution is 2.19. The van der Waals surface area contributed by atoms with E-state index in [2.05, 4.69) is 4.98 Å². The number of amides is 1. The maximum Gasteiger partial charge on any atom is 0.357 e. The van der Waals surface area contributed by atoms with Crippen LogP contribution in [0.2, 0.25) is 0 Å². The fourth-order valence-corrected chi connectivity index (χ4v) is 1.56. The summed E-state index contributed by atoms with van der Waals surface area (Å²) in [6, 6.07) is -0.626. The molecule has 2 rings (SSSR count). The highest BCUT2D eigenvalue weighted by molar-refractivity contribution is 5.86. The summed E-state index contributed by atoms with van der Waals surface area (Å²) in [4.78, 5) is 27.1. The third-order valence-corrected chi connectivity index (χ3v) is 2.41. The van der Waals surface area contributed by atoms with Gasteiger partial charge in [-0.15, -0.1) is 0 Å². The van der Waals surface area contributed by atoms with Crippen LogP contribution in [0.25, 0.3) is 0 Å². The number of hydrogen-bond acceptors (Lipinski definition) is 6. The highest BCUT2D eigenvalue weighted by atomic mass is 16.5. The molecular formula is C9H11N3O5. The molecule has 1 atom stereocenters. The zero-order valence-electron chi connectivity index (χ0n) is 8.83. The van der Waals surface area contributed by atoms with E-state index in [1.807, 2.05) is 0 Å². The van der Waals surface area contributed by atoms with Crippen molar-refractivity contribution >= 4 is 17.9 Å². The van der Waals surface area contributed by atoms with Crippen molar-refractivity contribution in [2.24, 2.45) is 5.73 Å². The van der Waals surface area contributed by atoms with Gasteiger partial charge in [-0.2, -0.15) is 4.98 Å². The lowest BCUT2D eigenvalue weighted by Gasteiger charge is -2.31. The van der Waals surface area contributed by atoms with Crippen molar-refractivity contribution in [1.29, 1.82) is 0 Å². The van der Waals surface area contributed by atoms with Gasteiger partial charge in [0.25, 0.3) is 6.01 Å². The lowest BCUT2D eigenvalue weighted by Crippen LogP contribution is -2.52. The second-order valence-corrected chi connectivity index (χ2v) is 3.51. The number of carbonyl (C=O) groups excluding carboxylic acids is 1. The molecule has 1 aromatic rings. The summed E-state index contributed by atoms with van der Waals surface area (Å²) in [5.41, 5.74) is 5.00. The Labute approximate surface area is 96.0 Å². The van der Waals surface area contributed by atoms with Crippen molar-refractivity contribution in [2.45, 2.75) is 6.04 Å². The van der Waals surface area contributed by atoms with Crippen molar-refractivity contribution < 1.29 is 23.8 Å². The summed E-state index contributed by atoms with van der Waals surface area (Å²) in [7, 11) is 0. The van der Waals surface area contributed by atoms with Gasteiger partial charge in [0, 0.05) is 6.54 Å². The smallest absolute Gasteiger partial charge is 0.357 e. The Morgan fingerprint density at radius 3 is 2.94 bits per heavy atom. The predicted molar refractivity (Wildman–Crippen MR) is 54.6 cm³/mol. The Morgan fingerprint density at radius 1 is 1.59 bits per heavy atom. The second-order valence-electron chi connectivity index (χ2n) is 3.51. The Hall–Kier alpha value is -2.09. The summed E-state index contributed by atoms with van der Waals surface area (Å²) in [6.45, 7) is 0.905. The van der Waals surface area contributed by atoms with E-state index in [-0.39, 0.29) is 18.3 Å². The van der Waals surface area contributed by atoms with Crippen LogP contribution >= 0.6 is 0 Å². The maximum absolute atomic E-state index is 11.2. The van der Waals surface area contributed by atoms with Crippen LogP contribution in [0, 0.1) is 0 Å². The number of nitrogens with two attached hydrogens (primary N) is 1. The Balaban J connectivity index is 2.23. The van der Waals surface area contributed by atoms with Gasteiger partial charge in [-0.3, -0.25) is 4.79 Å². The fourth-order valence-electron chi connectivity index (χ4n) is 1.56. The number of carboxylic acids is 1. The van der Waals surface area contributed by atoms with E-state index in [0.29, 0.717) is 13.2 Å². The van der Waals surface area contributed by atoms with Crippen molar-refractivity contribution in [2.75, 3.05) is 24.7 Å². The van der Waals surface area contributed by atoms with E-state index in [1.165, 1.54) is 4.90 Å². The number of morpholine rings is 1. The number of anilines is 1. The van der Waals surface area contributed by atoms with Crippen molar-refractivity contribution in [1.82, 2.24) is 4.98 Å². The van der Waals surface area contributed by atoms with Crippen LogP contribution in [0.4, 0.5) is 6.01 Å². The van der Waals surface area contributed by atoms with Gasteiger partial charge in [0.2, 0.25) is 5.91 Å². The molecule has 0 spiro atoms. The van der Waals surface area contributed by atoms with Gasteiger partial charge < -0.3 is 24.9 Å². The molecule has 1 saturated heterocycles.